The van der Waals surface area contributed by atoms with Crippen molar-refractivity contribution >= 4 is 17.3 Å². The first-order valence-electron chi connectivity index (χ1n) is 9.26. The van der Waals surface area contributed by atoms with Crippen LogP contribution in [0.2, 0.25) is 0 Å². The number of nitrogens with one attached hydrogen (secondary N) is 1. The van der Waals surface area contributed by atoms with Crippen molar-refractivity contribution in [2.45, 2.75) is 59.0 Å². The van der Waals surface area contributed by atoms with E-state index in [9.17, 15) is 4.79 Å². The summed E-state index contributed by atoms with van der Waals surface area (Å²) in [7, 11) is 0. The summed E-state index contributed by atoms with van der Waals surface area (Å²) in [5.41, 5.74) is 5.91. The zero-order valence-corrected chi connectivity index (χ0v) is 15.7. The summed E-state index contributed by atoms with van der Waals surface area (Å²) in [6, 6.07) is 15.2. The minimum atomic E-state index is 0.189. The van der Waals surface area contributed by atoms with Crippen LogP contribution in [0.3, 0.4) is 0 Å². The van der Waals surface area contributed by atoms with E-state index in [2.05, 4.69) is 75.5 Å². The van der Waals surface area contributed by atoms with Crippen LogP contribution in [0.15, 0.2) is 42.5 Å². The number of carbonyl (C=O) groups is 1. The molecule has 3 nitrogen and oxygen atoms in total. The molecule has 2 aromatic carbocycles. The fraction of sp³-hybridized carbons (Fsp3) is 0.409. The molecule has 2 aromatic rings. The van der Waals surface area contributed by atoms with Crippen LogP contribution in [0.25, 0.3) is 0 Å². The molecule has 0 fully saturated rings. The van der Waals surface area contributed by atoms with Crippen molar-refractivity contribution in [1.82, 2.24) is 0 Å². The highest BCUT2D eigenvalue weighted by Gasteiger charge is 2.34. The maximum absolute atomic E-state index is 12.7. The highest BCUT2D eigenvalue weighted by atomic mass is 16.2. The van der Waals surface area contributed by atoms with Gasteiger partial charge in [-0.1, -0.05) is 43.3 Å². The zero-order chi connectivity index (χ0) is 18.0. The van der Waals surface area contributed by atoms with Crippen molar-refractivity contribution in [2.24, 2.45) is 0 Å². The summed E-state index contributed by atoms with van der Waals surface area (Å²) >= 11 is 0. The van der Waals surface area contributed by atoms with E-state index in [1.807, 2.05) is 4.90 Å². The molecule has 0 spiro atoms. The number of anilines is 2. The molecule has 3 heteroatoms. The Balaban J connectivity index is 2.00. The number of carbonyl (C=O) groups excluding carboxylic acids is 1. The molecule has 0 unspecified atom stereocenters. The highest BCUT2D eigenvalue weighted by molar-refractivity contribution is 5.96. The van der Waals surface area contributed by atoms with Crippen LogP contribution in [0, 0.1) is 13.8 Å². The SMILES string of the molecule is CCCC(=O)N1c2c(C)cccc2[C@@H](Nc2ccccc2C)C[C@@H]1C. The minimum absolute atomic E-state index is 0.189. The molecule has 0 bridgehead atoms. The smallest absolute Gasteiger partial charge is 0.227 e. The van der Waals surface area contributed by atoms with Gasteiger partial charge in [-0.25, -0.2) is 0 Å². The van der Waals surface area contributed by atoms with Crippen LogP contribution >= 0.6 is 0 Å². The molecule has 1 aliphatic rings. The number of hydrogen-bond donors (Lipinski definition) is 1. The van der Waals surface area contributed by atoms with Gasteiger partial charge in [-0.3, -0.25) is 4.79 Å². The molecule has 25 heavy (non-hydrogen) atoms. The van der Waals surface area contributed by atoms with Crippen molar-refractivity contribution in [3.8, 4) is 0 Å². The molecular weight excluding hydrogens is 308 g/mol. The van der Waals surface area contributed by atoms with Crippen molar-refractivity contribution in [2.75, 3.05) is 10.2 Å². The lowest BCUT2D eigenvalue weighted by atomic mass is 9.89. The maximum Gasteiger partial charge on any atom is 0.227 e. The van der Waals surface area contributed by atoms with E-state index in [0.29, 0.717) is 6.42 Å². The van der Waals surface area contributed by atoms with Gasteiger partial charge in [0.1, 0.15) is 0 Å². The molecule has 1 heterocycles. The van der Waals surface area contributed by atoms with Crippen LogP contribution in [0.5, 0.6) is 0 Å². The first kappa shape index (κ1) is 17.5. The minimum Gasteiger partial charge on any atom is -0.378 e. The molecule has 1 amide bonds. The Labute approximate surface area is 151 Å². The van der Waals surface area contributed by atoms with E-state index < -0.39 is 0 Å². The van der Waals surface area contributed by atoms with Gasteiger partial charge in [0.05, 0.1) is 11.7 Å². The normalized spacial score (nSPS) is 19.4. The first-order valence-corrected chi connectivity index (χ1v) is 9.26. The molecule has 1 N–H and O–H groups in total. The number of rotatable bonds is 4. The van der Waals surface area contributed by atoms with Crippen molar-refractivity contribution < 1.29 is 4.79 Å². The lowest BCUT2D eigenvalue weighted by Gasteiger charge is -2.41. The number of para-hydroxylation sites is 2. The van der Waals surface area contributed by atoms with E-state index in [1.165, 1.54) is 22.4 Å². The van der Waals surface area contributed by atoms with Gasteiger partial charge in [0.2, 0.25) is 5.91 Å². The zero-order valence-electron chi connectivity index (χ0n) is 15.7. The Morgan fingerprint density at radius 3 is 2.56 bits per heavy atom. The molecule has 0 saturated carbocycles. The lowest BCUT2D eigenvalue weighted by molar-refractivity contribution is -0.119. The third-order valence-corrected chi connectivity index (χ3v) is 5.11. The summed E-state index contributed by atoms with van der Waals surface area (Å²) in [5, 5.41) is 3.72. The predicted molar refractivity (Wildman–Crippen MR) is 105 cm³/mol. The van der Waals surface area contributed by atoms with Gasteiger partial charge < -0.3 is 10.2 Å². The van der Waals surface area contributed by atoms with Crippen LogP contribution in [-0.4, -0.2) is 11.9 Å². The van der Waals surface area contributed by atoms with E-state index >= 15 is 0 Å². The fourth-order valence-electron chi connectivity index (χ4n) is 3.85. The van der Waals surface area contributed by atoms with E-state index in [1.54, 1.807) is 0 Å². The second-order valence-electron chi connectivity index (χ2n) is 7.12. The molecular formula is C22H28N2O. The van der Waals surface area contributed by atoms with Gasteiger partial charge >= 0.3 is 0 Å². The number of hydrogen-bond acceptors (Lipinski definition) is 2. The third-order valence-electron chi connectivity index (χ3n) is 5.11. The summed E-state index contributed by atoms with van der Waals surface area (Å²) in [4.78, 5) is 14.8. The Morgan fingerprint density at radius 2 is 1.84 bits per heavy atom. The number of fused-ring (bicyclic) bond motifs is 1. The lowest BCUT2D eigenvalue weighted by Crippen LogP contribution is -2.44. The Hall–Kier alpha value is -2.29. The first-order chi connectivity index (χ1) is 12.0. The second-order valence-corrected chi connectivity index (χ2v) is 7.12. The van der Waals surface area contributed by atoms with Crippen LogP contribution in [-0.2, 0) is 4.79 Å². The molecule has 1 aliphatic heterocycles. The average molecular weight is 336 g/mol. The number of benzene rings is 2. The van der Waals surface area contributed by atoms with Crippen LogP contribution < -0.4 is 10.2 Å². The molecule has 0 aliphatic carbocycles. The van der Waals surface area contributed by atoms with Gasteiger partial charge in [-0.2, -0.15) is 0 Å². The fourth-order valence-corrected chi connectivity index (χ4v) is 3.85. The summed E-state index contributed by atoms with van der Waals surface area (Å²) < 4.78 is 0. The highest BCUT2D eigenvalue weighted by Crippen LogP contribution is 2.41. The Kier molecular flexibility index (Phi) is 5.12. The van der Waals surface area contributed by atoms with Crippen molar-refractivity contribution in [3.05, 3.63) is 59.2 Å². The second kappa shape index (κ2) is 7.30. The standard InChI is InChI=1S/C22H28N2O/c1-5-9-21(25)24-17(4)14-20(18-12-8-11-16(3)22(18)24)23-19-13-7-6-10-15(19)2/h6-8,10-13,17,20,23H,5,9,14H2,1-4H3/t17-,20-/m0/s1. The number of amides is 1. The molecule has 0 saturated heterocycles. The van der Waals surface area contributed by atoms with Crippen LogP contribution in [0.4, 0.5) is 11.4 Å². The molecule has 3 rings (SSSR count). The monoisotopic (exact) mass is 336 g/mol. The van der Waals surface area contributed by atoms with Crippen molar-refractivity contribution in [1.29, 1.82) is 0 Å². The summed E-state index contributed by atoms with van der Waals surface area (Å²) in [6.07, 6.45) is 2.41. The predicted octanol–water partition coefficient (Wildman–Crippen LogP) is 5.38. The number of nitrogens with zero attached hydrogens (tertiary/aromatic N) is 1. The van der Waals surface area contributed by atoms with E-state index in [4.69, 9.17) is 0 Å². The van der Waals surface area contributed by atoms with Gasteiger partial charge in [-0.15, -0.1) is 0 Å². The Bertz CT molecular complexity index is 768. The van der Waals surface area contributed by atoms with Gasteiger partial charge in [0.25, 0.3) is 0 Å². The van der Waals surface area contributed by atoms with Crippen LogP contribution in [0.1, 0.15) is 55.8 Å². The average Bonchev–Trinajstić information content (AvgIpc) is 2.58. The summed E-state index contributed by atoms with van der Waals surface area (Å²) in [5.74, 6) is 0.236. The van der Waals surface area contributed by atoms with Crippen molar-refractivity contribution in [3.63, 3.8) is 0 Å². The largest absolute Gasteiger partial charge is 0.378 e. The molecule has 2 atom stereocenters. The molecule has 0 aromatic heterocycles. The quantitative estimate of drug-likeness (QED) is 0.812. The van der Waals surface area contributed by atoms with Gasteiger partial charge in [0.15, 0.2) is 0 Å². The molecule has 0 radical (unpaired) electrons. The van der Waals surface area contributed by atoms with E-state index in [-0.39, 0.29) is 18.0 Å². The summed E-state index contributed by atoms with van der Waals surface area (Å²) in [6.45, 7) is 8.46. The third kappa shape index (κ3) is 3.41. The Morgan fingerprint density at radius 1 is 1.12 bits per heavy atom. The molecule has 132 valence electrons. The number of aryl methyl sites for hydroxylation is 2. The van der Waals surface area contributed by atoms with E-state index in [0.717, 1.165) is 18.5 Å². The maximum atomic E-state index is 12.7. The van der Waals surface area contributed by atoms with Gasteiger partial charge in [-0.05, 0) is 56.4 Å². The van der Waals surface area contributed by atoms with Gasteiger partial charge in [0, 0.05) is 18.2 Å². The topological polar surface area (TPSA) is 32.3 Å².